The van der Waals surface area contributed by atoms with Crippen molar-refractivity contribution in [1.29, 1.82) is 0 Å². The standard InChI is InChI=1S/C16H14ClN5O3/c17-13-4-2-1-3-11(13)8-21-6-5-14(20-21)19-15(23)10-22-9-12(7-18-22)16(24)25/h1-7,9H,8,10H2,(H,24,25)(H,19,20,23). The summed E-state index contributed by atoms with van der Waals surface area (Å²) < 4.78 is 2.91. The molecular weight excluding hydrogens is 346 g/mol. The van der Waals surface area contributed by atoms with Gasteiger partial charge in [0.15, 0.2) is 5.82 Å². The van der Waals surface area contributed by atoms with E-state index in [-0.39, 0.29) is 18.0 Å². The van der Waals surface area contributed by atoms with Gasteiger partial charge in [-0.25, -0.2) is 4.79 Å². The fourth-order valence-corrected chi connectivity index (χ4v) is 2.40. The van der Waals surface area contributed by atoms with E-state index in [0.29, 0.717) is 17.4 Å². The number of anilines is 1. The van der Waals surface area contributed by atoms with E-state index < -0.39 is 5.97 Å². The Morgan fingerprint density at radius 3 is 2.72 bits per heavy atom. The van der Waals surface area contributed by atoms with Gasteiger partial charge in [0.2, 0.25) is 5.91 Å². The number of hydrogen-bond acceptors (Lipinski definition) is 4. The van der Waals surface area contributed by atoms with Crippen LogP contribution < -0.4 is 5.32 Å². The van der Waals surface area contributed by atoms with E-state index in [1.165, 1.54) is 17.1 Å². The number of halogens is 1. The van der Waals surface area contributed by atoms with Crippen LogP contribution in [0.5, 0.6) is 0 Å². The van der Waals surface area contributed by atoms with E-state index >= 15 is 0 Å². The van der Waals surface area contributed by atoms with Gasteiger partial charge in [-0.2, -0.15) is 10.2 Å². The first-order valence-electron chi connectivity index (χ1n) is 7.34. The molecule has 128 valence electrons. The Kier molecular flexibility index (Phi) is 4.80. The normalized spacial score (nSPS) is 10.6. The molecule has 8 nitrogen and oxygen atoms in total. The quantitative estimate of drug-likeness (QED) is 0.701. The van der Waals surface area contributed by atoms with Gasteiger partial charge in [-0.05, 0) is 11.6 Å². The zero-order valence-electron chi connectivity index (χ0n) is 13.0. The number of aromatic nitrogens is 4. The topological polar surface area (TPSA) is 102 Å². The highest BCUT2D eigenvalue weighted by Gasteiger charge is 2.10. The third-order valence-electron chi connectivity index (χ3n) is 3.38. The second-order valence-corrected chi connectivity index (χ2v) is 5.68. The first-order valence-corrected chi connectivity index (χ1v) is 7.71. The Morgan fingerprint density at radius 2 is 2.00 bits per heavy atom. The number of amides is 1. The molecule has 0 bridgehead atoms. The molecule has 0 aliphatic heterocycles. The van der Waals surface area contributed by atoms with Gasteiger partial charge in [0, 0.05) is 23.5 Å². The molecule has 25 heavy (non-hydrogen) atoms. The zero-order valence-corrected chi connectivity index (χ0v) is 13.7. The molecule has 0 saturated carbocycles. The van der Waals surface area contributed by atoms with Crippen LogP contribution in [0.1, 0.15) is 15.9 Å². The molecular formula is C16H14ClN5O3. The van der Waals surface area contributed by atoms with Crippen LogP contribution in [0.25, 0.3) is 0 Å². The second-order valence-electron chi connectivity index (χ2n) is 5.27. The smallest absolute Gasteiger partial charge is 0.338 e. The number of carbonyl (C=O) groups is 2. The maximum absolute atomic E-state index is 12.0. The lowest BCUT2D eigenvalue weighted by Crippen LogP contribution is -2.19. The minimum absolute atomic E-state index is 0.0248. The molecule has 0 aliphatic rings. The summed E-state index contributed by atoms with van der Waals surface area (Å²) in [5, 5.41) is 20.2. The van der Waals surface area contributed by atoms with E-state index in [0.717, 1.165) is 5.56 Å². The highest BCUT2D eigenvalue weighted by molar-refractivity contribution is 6.31. The second kappa shape index (κ2) is 7.18. The molecule has 2 N–H and O–H groups in total. The number of carboxylic acid groups (broad SMARTS) is 1. The molecule has 0 saturated heterocycles. The Labute approximate surface area is 147 Å². The van der Waals surface area contributed by atoms with Crippen molar-refractivity contribution in [3.05, 3.63) is 65.1 Å². The van der Waals surface area contributed by atoms with Crippen LogP contribution in [0.3, 0.4) is 0 Å². The van der Waals surface area contributed by atoms with Gasteiger partial charge >= 0.3 is 5.97 Å². The number of carbonyl (C=O) groups excluding carboxylic acids is 1. The maximum atomic E-state index is 12.0. The zero-order chi connectivity index (χ0) is 17.8. The molecule has 1 aromatic carbocycles. The lowest BCUT2D eigenvalue weighted by atomic mass is 10.2. The minimum Gasteiger partial charge on any atom is -0.478 e. The fraction of sp³-hybridized carbons (Fsp3) is 0.125. The Balaban J connectivity index is 1.59. The van der Waals surface area contributed by atoms with E-state index in [9.17, 15) is 9.59 Å². The summed E-state index contributed by atoms with van der Waals surface area (Å²) >= 11 is 6.12. The monoisotopic (exact) mass is 359 g/mol. The van der Waals surface area contributed by atoms with Crippen molar-refractivity contribution in [3.63, 3.8) is 0 Å². The number of aromatic carboxylic acids is 1. The van der Waals surface area contributed by atoms with Gasteiger partial charge < -0.3 is 10.4 Å². The highest BCUT2D eigenvalue weighted by atomic mass is 35.5. The van der Waals surface area contributed by atoms with Crippen molar-refractivity contribution in [1.82, 2.24) is 19.6 Å². The lowest BCUT2D eigenvalue weighted by molar-refractivity contribution is -0.116. The Hall–Kier alpha value is -3.13. The minimum atomic E-state index is -1.09. The predicted molar refractivity (Wildman–Crippen MR) is 90.6 cm³/mol. The van der Waals surface area contributed by atoms with Gasteiger partial charge in [-0.1, -0.05) is 29.8 Å². The van der Waals surface area contributed by atoms with Crippen molar-refractivity contribution < 1.29 is 14.7 Å². The molecule has 9 heteroatoms. The summed E-state index contributed by atoms with van der Waals surface area (Å²) in [6.07, 6.45) is 4.21. The van der Waals surface area contributed by atoms with Crippen LogP contribution in [0.15, 0.2) is 48.9 Å². The van der Waals surface area contributed by atoms with Crippen molar-refractivity contribution in [2.24, 2.45) is 0 Å². The number of nitrogens with zero attached hydrogens (tertiary/aromatic N) is 4. The molecule has 2 aromatic heterocycles. The molecule has 1 amide bonds. The third kappa shape index (κ3) is 4.24. The molecule has 3 rings (SSSR count). The fourth-order valence-electron chi connectivity index (χ4n) is 2.21. The largest absolute Gasteiger partial charge is 0.478 e. The predicted octanol–water partition coefficient (Wildman–Crippen LogP) is 2.12. The maximum Gasteiger partial charge on any atom is 0.338 e. The van der Waals surface area contributed by atoms with Crippen LogP contribution in [0.2, 0.25) is 5.02 Å². The number of carboxylic acids is 1. The molecule has 0 fully saturated rings. The van der Waals surface area contributed by atoms with Crippen LogP contribution in [-0.4, -0.2) is 36.5 Å². The van der Waals surface area contributed by atoms with Crippen LogP contribution >= 0.6 is 11.6 Å². The van der Waals surface area contributed by atoms with Crippen molar-refractivity contribution in [3.8, 4) is 0 Å². The highest BCUT2D eigenvalue weighted by Crippen LogP contribution is 2.16. The Morgan fingerprint density at radius 1 is 1.20 bits per heavy atom. The van der Waals surface area contributed by atoms with Gasteiger partial charge in [0.25, 0.3) is 0 Å². The number of nitrogens with one attached hydrogen (secondary N) is 1. The van der Waals surface area contributed by atoms with E-state index in [2.05, 4.69) is 15.5 Å². The number of rotatable bonds is 6. The summed E-state index contributed by atoms with van der Waals surface area (Å²) in [5.41, 5.74) is 0.944. The average Bonchev–Trinajstić information content (AvgIpc) is 3.19. The van der Waals surface area contributed by atoms with Crippen LogP contribution in [0.4, 0.5) is 5.82 Å². The summed E-state index contributed by atoms with van der Waals surface area (Å²) in [7, 11) is 0. The average molecular weight is 360 g/mol. The molecule has 3 aromatic rings. The summed E-state index contributed by atoms with van der Waals surface area (Å²) in [6.45, 7) is 0.376. The summed E-state index contributed by atoms with van der Waals surface area (Å²) in [4.78, 5) is 22.8. The number of hydrogen-bond donors (Lipinski definition) is 2. The van der Waals surface area contributed by atoms with Crippen molar-refractivity contribution in [2.45, 2.75) is 13.1 Å². The van der Waals surface area contributed by atoms with Gasteiger partial charge in [-0.15, -0.1) is 0 Å². The first kappa shape index (κ1) is 16.7. The van der Waals surface area contributed by atoms with Crippen molar-refractivity contribution in [2.75, 3.05) is 5.32 Å². The number of benzene rings is 1. The van der Waals surface area contributed by atoms with Gasteiger partial charge in [0.1, 0.15) is 6.54 Å². The summed E-state index contributed by atoms with van der Waals surface area (Å²) in [6, 6.07) is 9.12. The molecule has 0 aliphatic carbocycles. The van der Waals surface area contributed by atoms with Crippen LogP contribution in [0, 0.1) is 0 Å². The SMILES string of the molecule is O=C(Cn1cc(C(=O)O)cn1)Nc1ccn(Cc2ccccc2Cl)n1. The molecule has 0 atom stereocenters. The van der Waals surface area contributed by atoms with Gasteiger partial charge in [0.05, 0.1) is 18.3 Å². The Bertz CT molecular complexity index is 918. The molecule has 0 radical (unpaired) electrons. The van der Waals surface area contributed by atoms with Gasteiger partial charge in [-0.3, -0.25) is 14.2 Å². The van der Waals surface area contributed by atoms with E-state index in [1.807, 2.05) is 18.2 Å². The van der Waals surface area contributed by atoms with Crippen molar-refractivity contribution >= 4 is 29.3 Å². The lowest BCUT2D eigenvalue weighted by Gasteiger charge is -2.04. The van der Waals surface area contributed by atoms with Crippen LogP contribution in [-0.2, 0) is 17.9 Å². The first-order chi connectivity index (χ1) is 12.0. The molecule has 2 heterocycles. The summed E-state index contributed by atoms with van der Waals surface area (Å²) in [5.74, 6) is -1.06. The third-order valence-corrected chi connectivity index (χ3v) is 3.75. The van der Waals surface area contributed by atoms with E-state index in [1.54, 1.807) is 23.0 Å². The van der Waals surface area contributed by atoms with E-state index in [4.69, 9.17) is 16.7 Å². The molecule has 0 spiro atoms. The molecule has 0 unspecified atom stereocenters.